The van der Waals surface area contributed by atoms with Gasteiger partial charge in [-0.15, -0.1) is 0 Å². The Balaban J connectivity index is 2.10. The zero-order valence-corrected chi connectivity index (χ0v) is 18.8. The molecule has 156 valence electrons. The predicted molar refractivity (Wildman–Crippen MR) is 115 cm³/mol. The van der Waals surface area contributed by atoms with Crippen LogP contribution in [0.15, 0.2) is 24.3 Å². The average Bonchev–Trinajstić information content (AvgIpc) is 2.58. The number of hydrogen-bond donors (Lipinski definition) is 1. The fourth-order valence-corrected chi connectivity index (χ4v) is 4.30. The molecule has 1 N–H and O–H groups in total. The Labute approximate surface area is 175 Å². The number of piperidine rings is 1. The Kier molecular flexibility index (Phi) is 7.55. The number of benzene rings is 1. The van der Waals surface area contributed by atoms with Crippen LogP contribution in [0.4, 0.5) is 0 Å². The lowest BCUT2D eigenvalue weighted by molar-refractivity contribution is -0.140. The normalized spacial score (nSPS) is 20.3. The molecular formula is C23H35ClN2O2. The second kappa shape index (κ2) is 9.30. The fraction of sp³-hybridized carbons (Fsp3) is 0.652. The quantitative estimate of drug-likeness (QED) is 0.732. The molecule has 0 bridgehead atoms. The number of carbonyl (C=O) groups excluding carboxylic acids is 2. The lowest BCUT2D eigenvalue weighted by atomic mass is 9.70. The van der Waals surface area contributed by atoms with Gasteiger partial charge in [0, 0.05) is 24.5 Å². The molecule has 0 radical (unpaired) electrons. The van der Waals surface area contributed by atoms with Crippen LogP contribution in [0.25, 0.3) is 0 Å². The van der Waals surface area contributed by atoms with E-state index in [1.54, 1.807) is 0 Å². The number of carbonyl (C=O) groups is 2. The lowest BCUT2D eigenvalue weighted by Gasteiger charge is -2.45. The molecule has 1 aromatic rings. The molecule has 0 saturated carbocycles. The molecule has 1 aliphatic rings. The molecule has 1 heterocycles. The van der Waals surface area contributed by atoms with Gasteiger partial charge in [-0.3, -0.25) is 9.59 Å². The van der Waals surface area contributed by atoms with E-state index >= 15 is 0 Å². The standard InChI is InChI=1S/C23H35ClN2O2/c1-15(2)13-20(27)25-21(16(3)4)22(28)26-12-11-19(23(5,6)14-26)17-7-9-18(24)10-8-17/h7-10,15-16,19,21H,11-14H2,1-6H3,(H,25,27)/t19-,21-/m1/s1. The van der Waals surface area contributed by atoms with Crippen molar-refractivity contribution in [2.24, 2.45) is 17.3 Å². The molecule has 0 unspecified atom stereocenters. The Morgan fingerprint density at radius 2 is 1.79 bits per heavy atom. The van der Waals surface area contributed by atoms with Crippen LogP contribution in [0.3, 0.4) is 0 Å². The minimum absolute atomic E-state index is 0.0368. The smallest absolute Gasteiger partial charge is 0.245 e. The zero-order valence-electron chi connectivity index (χ0n) is 18.1. The van der Waals surface area contributed by atoms with Crippen LogP contribution in [-0.2, 0) is 9.59 Å². The molecule has 5 heteroatoms. The van der Waals surface area contributed by atoms with Gasteiger partial charge in [0.15, 0.2) is 0 Å². The van der Waals surface area contributed by atoms with Crippen molar-refractivity contribution < 1.29 is 9.59 Å². The fourth-order valence-electron chi connectivity index (χ4n) is 4.17. The monoisotopic (exact) mass is 406 g/mol. The first-order valence-corrected chi connectivity index (χ1v) is 10.7. The van der Waals surface area contributed by atoms with E-state index in [4.69, 9.17) is 11.6 Å². The maximum absolute atomic E-state index is 13.2. The van der Waals surface area contributed by atoms with Crippen LogP contribution in [0.2, 0.25) is 5.02 Å². The van der Waals surface area contributed by atoms with E-state index in [0.29, 0.717) is 25.4 Å². The van der Waals surface area contributed by atoms with Crippen LogP contribution in [0.1, 0.15) is 65.9 Å². The second-order valence-corrected chi connectivity index (χ2v) is 9.96. The maximum Gasteiger partial charge on any atom is 0.245 e. The number of nitrogens with one attached hydrogen (secondary N) is 1. The molecule has 4 nitrogen and oxygen atoms in total. The molecule has 2 amide bonds. The van der Waals surface area contributed by atoms with Gasteiger partial charge in [-0.2, -0.15) is 0 Å². The summed E-state index contributed by atoms with van der Waals surface area (Å²) in [6.45, 7) is 13.8. The van der Waals surface area contributed by atoms with Crippen molar-refractivity contribution in [1.29, 1.82) is 0 Å². The molecule has 2 atom stereocenters. The molecule has 0 aliphatic carbocycles. The van der Waals surface area contributed by atoms with Crippen molar-refractivity contribution in [2.75, 3.05) is 13.1 Å². The third-order valence-electron chi connectivity index (χ3n) is 5.66. The molecule has 1 fully saturated rings. The van der Waals surface area contributed by atoms with Gasteiger partial charge in [0.25, 0.3) is 0 Å². The minimum atomic E-state index is -0.464. The van der Waals surface area contributed by atoms with E-state index in [1.165, 1.54) is 5.56 Å². The van der Waals surface area contributed by atoms with Gasteiger partial charge >= 0.3 is 0 Å². The minimum Gasteiger partial charge on any atom is -0.344 e. The second-order valence-electron chi connectivity index (χ2n) is 9.53. The first kappa shape index (κ1) is 22.7. The summed E-state index contributed by atoms with van der Waals surface area (Å²) in [6.07, 6.45) is 1.35. The van der Waals surface area contributed by atoms with Gasteiger partial charge in [0.05, 0.1) is 0 Å². The summed E-state index contributed by atoms with van der Waals surface area (Å²) in [7, 11) is 0. The van der Waals surface area contributed by atoms with Gasteiger partial charge < -0.3 is 10.2 Å². The van der Waals surface area contributed by atoms with Gasteiger partial charge in [0.1, 0.15) is 6.04 Å². The number of nitrogens with zero attached hydrogens (tertiary/aromatic N) is 1. The third-order valence-corrected chi connectivity index (χ3v) is 5.91. The highest BCUT2D eigenvalue weighted by atomic mass is 35.5. The maximum atomic E-state index is 13.2. The van der Waals surface area contributed by atoms with Crippen molar-refractivity contribution in [3.63, 3.8) is 0 Å². The van der Waals surface area contributed by atoms with Crippen molar-refractivity contribution in [3.05, 3.63) is 34.9 Å². The Morgan fingerprint density at radius 1 is 1.18 bits per heavy atom. The third kappa shape index (κ3) is 5.73. The average molecular weight is 407 g/mol. The number of halogens is 1. The highest BCUT2D eigenvalue weighted by molar-refractivity contribution is 6.30. The van der Waals surface area contributed by atoms with E-state index in [0.717, 1.165) is 11.4 Å². The molecule has 2 rings (SSSR count). The molecular weight excluding hydrogens is 372 g/mol. The number of hydrogen-bond acceptors (Lipinski definition) is 2. The summed E-state index contributed by atoms with van der Waals surface area (Å²) >= 11 is 6.04. The molecule has 1 aromatic carbocycles. The van der Waals surface area contributed by atoms with Crippen molar-refractivity contribution >= 4 is 23.4 Å². The van der Waals surface area contributed by atoms with E-state index in [9.17, 15) is 9.59 Å². The van der Waals surface area contributed by atoms with Gasteiger partial charge in [-0.25, -0.2) is 0 Å². The van der Waals surface area contributed by atoms with Gasteiger partial charge in [0.2, 0.25) is 11.8 Å². The summed E-state index contributed by atoms with van der Waals surface area (Å²) in [4.78, 5) is 27.4. The molecule has 1 saturated heterocycles. The van der Waals surface area contributed by atoms with Crippen LogP contribution < -0.4 is 5.32 Å². The summed E-state index contributed by atoms with van der Waals surface area (Å²) in [5.74, 6) is 0.701. The highest BCUT2D eigenvalue weighted by Crippen LogP contribution is 2.42. The van der Waals surface area contributed by atoms with Crippen molar-refractivity contribution in [3.8, 4) is 0 Å². The summed E-state index contributed by atoms with van der Waals surface area (Å²) in [5, 5.41) is 3.72. The Hall–Kier alpha value is -1.55. The number of likely N-dealkylation sites (tertiary alicyclic amines) is 1. The summed E-state index contributed by atoms with van der Waals surface area (Å²) in [6, 6.07) is 7.59. The molecule has 28 heavy (non-hydrogen) atoms. The summed E-state index contributed by atoms with van der Waals surface area (Å²) < 4.78 is 0. The molecule has 1 aliphatic heterocycles. The van der Waals surface area contributed by atoms with Crippen molar-refractivity contribution in [1.82, 2.24) is 10.2 Å². The van der Waals surface area contributed by atoms with E-state index in [2.05, 4.69) is 31.3 Å². The lowest BCUT2D eigenvalue weighted by Crippen LogP contribution is -2.56. The van der Waals surface area contributed by atoms with Crippen LogP contribution in [0.5, 0.6) is 0 Å². The van der Waals surface area contributed by atoms with Crippen molar-refractivity contribution in [2.45, 2.75) is 66.3 Å². The van der Waals surface area contributed by atoms with E-state index < -0.39 is 6.04 Å². The highest BCUT2D eigenvalue weighted by Gasteiger charge is 2.40. The van der Waals surface area contributed by atoms with E-state index in [1.807, 2.05) is 44.7 Å². The number of rotatable bonds is 6. The zero-order chi connectivity index (χ0) is 21.1. The first-order chi connectivity index (χ1) is 13.0. The Bertz CT molecular complexity index is 682. The SMILES string of the molecule is CC(C)CC(=O)N[C@@H](C(=O)N1CC[C@H](c2ccc(Cl)cc2)C(C)(C)C1)C(C)C. The van der Waals surface area contributed by atoms with Gasteiger partial charge in [-0.05, 0) is 47.3 Å². The number of amides is 2. The first-order valence-electron chi connectivity index (χ1n) is 10.3. The van der Waals surface area contributed by atoms with Gasteiger partial charge in [-0.1, -0.05) is 65.3 Å². The van der Waals surface area contributed by atoms with Crippen LogP contribution in [0, 0.1) is 17.3 Å². The van der Waals surface area contributed by atoms with E-state index in [-0.39, 0.29) is 29.1 Å². The predicted octanol–water partition coefficient (Wildman–Crippen LogP) is 4.87. The summed E-state index contributed by atoms with van der Waals surface area (Å²) in [5.41, 5.74) is 1.22. The largest absolute Gasteiger partial charge is 0.344 e. The topological polar surface area (TPSA) is 49.4 Å². The van der Waals surface area contributed by atoms with Crippen LogP contribution >= 0.6 is 11.6 Å². The molecule has 0 spiro atoms. The van der Waals surface area contributed by atoms with Crippen LogP contribution in [-0.4, -0.2) is 35.8 Å². The Morgan fingerprint density at radius 3 is 2.29 bits per heavy atom. The molecule has 0 aromatic heterocycles.